The number of amides is 1. The third kappa shape index (κ3) is 3.67. The fraction of sp³-hybridized carbons (Fsp3) is 0.562. The monoisotopic (exact) mass is 291 g/mol. The molecule has 2 N–H and O–H groups in total. The largest absolute Gasteiger partial charge is 0.397 e. The number of nitrogens with two attached hydrogens (primary N) is 1. The highest BCUT2D eigenvalue weighted by molar-refractivity contribution is 5.86. The average Bonchev–Trinajstić information content (AvgIpc) is 2.53. The van der Waals surface area contributed by atoms with E-state index < -0.39 is 0 Å². The molecule has 0 radical (unpaired) electrons. The van der Waals surface area contributed by atoms with Crippen LogP contribution in [0.5, 0.6) is 0 Å². The number of carbonyl (C=O) groups is 1. The molecular weight excluding hydrogens is 266 g/mol. The van der Waals surface area contributed by atoms with E-state index in [1.165, 1.54) is 0 Å². The molecule has 0 bridgehead atoms. The molecule has 116 valence electrons. The highest BCUT2D eigenvalue weighted by Crippen LogP contribution is 2.25. The molecule has 5 nitrogen and oxygen atoms in total. The van der Waals surface area contributed by atoms with Crippen LogP contribution in [0.4, 0.5) is 11.4 Å². The van der Waals surface area contributed by atoms with Gasteiger partial charge in [-0.15, -0.1) is 0 Å². The SMILES string of the molecule is CCCN(c1ccccc1N)C(C)C(=O)N1CCOCC1. The molecule has 1 aliphatic heterocycles. The second kappa shape index (κ2) is 7.31. The molecule has 1 unspecified atom stereocenters. The van der Waals surface area contributed by atoms with Crippen molar-refractivity contribution in [3.8, 4) is 0 Å². The molecule has 21 heavy (non-hydrogen) atoms. The molecule has 1 aliphatic rings. The summed E-state index contributed by atoms with van der Waals surface area (Å²) in [5.74, 6) is 0.148. The molecule has 1 atom stereocenters. The lowest BCUT2D eigenvalue weighted by atomic mass is 10.1. The maximum Gasteiger partial charge on any atom is 0.245 e. The first-order chi connectivity index (χ1) is 10.1. The van der Waals surface area contributed by atoms with Gasteiger partial charge in [0.15, 0.2) is 0 Å². The highest BCUT2D eigenvalue weighted by atomic mass is 16.5. The molecule has 0 spiro atoms. The van der Waals surface area contributed by atoms with Crippen molar-refractivity contribution < 1.29 is 9.53 Å². The topological polar surface area (TPSA) is 58.8 Å². The number of anilines is 2. The van der Waals surface area contributed by atoms with Crippen molar-refractivity contribution in [1.82, 2.24) is 4.90 Å². The van der Waals surface area contributed by atoms with Gasteiger partial charge in [0.2, 0.25) is 5.91 Å². The highest BCUT2D eigenvalue weighted by Gasteiger charge is 2.27. The van der Waals surface area contributed by atoms with E-state index in [9.17, 15) is 4.79 Å². The Hall–Kier alpha value is -1.75. The molecule has 5 heteroatoms. The van der Waals surface area contributed by atoms with E-state index in [4.69, 9.17) is 10.5 Å². The van der Waals surface area contributed by atoms with E-state index in [2.05, 4.69) is 11.8 Å². The number of nitrogen functional groups attached to an aromatic ring is 1. The molecule has 1 fully saturated rings. The number of nitrogens with zero attached hydrogens (tertiary/aromatic N) is 2. The smallest absolute Gasteiger partial charge is 0.245 e. The summed E-state index contributed by atoms with van der Waals surface area (Å²) in [7, 11) is 0. The van der Waals surface area contributed by atoms with Gasteiger partial charge in [0, 0.05) is 19.6 Å². The van der Waals surface area contributed by atoms with E-state index >= 15 is 0 Å². The predicted molar refractivity (Wildman–Crippen MR) is 85.4 cm³/mol. The minimum atomic E-state index is -0.215. The van der Waals surface area contributed by atoms with Crippen LogP contribution >= 0.6 is 0 Å². The third-order valence-corrected chi connectivity index (χ3v) is 3.86. The lowest BCUT2D eigenvalue weighted by Crippen LogP contribution is -2.51. The molecular formula is C16H25N3O2. The van der Waals surface area contributed by atoms with Gasteiger partial charge in [-0.25, -0.2) is 0 Å². The molecule has 1 aromatic rings. The lowest BCUT2D eigenvalue weighted by Gasteiger charge is -2.36. The first-order valence-corrected chi connectivity index (χ1v) is 7.62. The molecule has 1 saturated heterocycles. The van der Waals surface area contributed by atoms with E-state index in [1.54, 1.807) is 0 Å². The second-order valence-electron chi connectivity index (χ2n) is 5.37. The van der Waals surface area contributed by atoms with Crippen LogP contribution in [0.25, 0.3) is 0 Å². The number of hydrogen-bond donors (Lipinski definition) is 1. The Morgan fingerprint density at radius 2 is 2.05 bits per heavy atom. The van der Waals surface area contributed by atoms with Crippen molar-refractivity contribution in [3.63, 3.8) is 0 Å². The van der Waals surface area contributed by atoms with Crippen LogP contribution in [0.2, 0.25) is 0 Å². The summed E-state index contributed by atoms with van der Waals surface area (Å²) >= 11 is 0. The van der Waals surface area contributed by atoms with Crippen LogP contribution < -0.4 is 10.6 Å². The van der Waals surface area contributed by atoms with Crippen molar-refractivity contribution in [2.75, 3.05) is 43.5 Å². The summed E-state index contributed by atoms with van der Waals surface area (Å²) in [6.45, 7) is 7.48. The fourth-order valence-electron chi connectivity index (χ4n) is 2.69. The zero-order valence-corrected chi connectivity index (χ0v) is 12.9. The molecule has 1 aromatic carbocycles. The number of rotatable bonds is 5. The predicted octanol–water partition coefficient (Wildman–Crippen LogP) is 1.73. The van der Waals surface area contributed by atoms with Crippen molar-refractivity contribution in [3.05, 3.63) is 24.3 Å². The Balaban J connectivity index is 2.17. The van der Waals surface area contributed by atoms with Gasteiger partial charge in [0.25, 0.3) is 0 Å². The molecule has 1 heterocycles. The first-order valence-electron chi connectivity index (χ1n) is 7.62. The molecule has 0 saturated carbocycles. The van der Waals surface area contributed by atoms with Crippen LogP contribution in [0.1, 0.15) is 20.3 Å². The summed E-state index contributed by atoms with van der Waals surface area (Å²) in [6, 6.07) is 7.52. The van der Waals surface area contributed by atoms with Crippen LogP contribution in [0, 0.1) is 0 Å². The second-order valence-corrected chi connectivity index (χ2v) is 5.37. The van der Waals surface area contributed by atoms with E-state index in [0.29, 0.717) is 32.0 Å². The van der Waals surface area contributed by atoms with Crippen molar-refractivity contribution in [1.29, 1.82) is 0 Å². The van der Waals surface area contributed by atoms with Gasteiger partial charge in [0.1, 0.15) is 6.04 Å². The summed E-state index contributed by atoms with van der Waals surface area (Å²) < 4.78 is 5.31. The van der Waals surface area contributed by atoms with Gasteiger partial charge in [-0.3, -0.25) is 4.79 Å². The van der Waals surface area contributed by atoms with Gasteiger partial charge < -0.3 is 20.3 Å². The minimum absolute atomic E-state index is 0.148. The third-order valence-electron chi connectivity index (χ3n) is 3.86. The molecule has 0 aromatic heterocycles. The fourth-order valence-corrected chi connectivity index (χ4v) is 2.69. The first kappa shape index (κ1) is 15.6. The Bertz CT molecular complexity index is 472. The quantitative estimate of drug-likeness (QED) is 0.839. The summed E-state index contributed by atoms with van der Waals surface area (Å²) in [5.41, 5.74) is 7.74. The van der Waals surface area contributed by atoms with Gasteiger partial charge in [-0.2, -0.15) is 0 Å². The zero-order valence-electron chi connectivity index (χ0n) is 12.9. The van der Waals surface area contributed by atoms with E-state index in [0.717, 1.165) is 18.7 Å². The van der Waals surface area contributed by atoms with Crippen LogP contribution in [-0.4, -0.2) is 49.7 Å². The lowest BCUT2D eigenvalue weighted by molar-refractivity contribution is -0.136. The van der Waals surface area contributed by atoms with Crippen molar-refractivity contribution in [2.45, 2.75) is 26.3 Å². The van der Waals surface area contributed by atoms with Gasteiger partial charge in [-0.1, -0.05) is 19.1 Å². The Kier molecular flexibility index (Phi) is 5.44. The maximum atomic E-state index is 12.7. The molecule has 1 amide bonds. The Morgan fingerprint density at radius 3 is 2.67 bits per heavy atom. The molecule has 2 rings (SSSR count). The number of morpholine rings is 1. The number of hydrogen-bond acceptors (Lipinski definition) is 4. The van der Waals surface area contributed by atoms with Crippen molar-refractivity contribution >= 4 is 17.3 Å². The molecule has 0 aliphatic carbocycles. The average molecular weight is 291 g/mol. The minimum Gasteiger partial charge on any atom is -0.397 e. The normalized spacial score (nSPS) is 16.6. The van der Waals surface area contributed by atoms with Gasteiger partial charge >= 0.3 is 0 Å². The summed E-state index contributed by atoms with van der Waals surface area (Å²) in [4.78, 5) is 16.7. The number of benzene rings is 1. The van der Waals surface area contributed by atoms with Crippen LogP contribution in [0.3, 0.4) is 0 Å². The van der Waals surface area contributed by atoms with Crippen LogP contribution in [0.15, 0.2) is 24.3 Å². The number of para-hydroxylation sites is 2. The number of carbonyl (C=O) groups excluding carboxylic acids is 1. The van der Waals surface area contributed by atoms with Gasteiger partial charge in [-0.05, 0) is 25.5 Å². The van der Waals surface area contributed by atoms with Crippen molar-refractivity contribution in [2.24, 2.45) is 0 Å². The maximum absolute atomic E-state index is 12.7. The Labute approximate surface area is 126 Å². The summed E-state index contributed by atoms with van der Waals surface area (Å²) in [5, 5.41) is 0. The van der Waals surface area contributed by atoms with Gasteiger partial charge in [0.05, 0.1) is 24.6 Å². The van der Waals surface area contributed by atoms with E-state index in [-0.39, 0.29) is 11.9 Å². The zero-order chi connectivity index (χ0) is 15.2. The van der Waals surface area contributed by atoms with E-state index in [1.807, 2.05) is 36.1 Å². The summed E-state index contributed by atoms with van der Waals surface area (Å²) in [6.07, 6.45) is 0.967. The Morgan fingerprint density at radius 1 is 1.38 bits per heavy atom. The van der Waals surface area contributed by atoms with Crippen LogP contribution in [-0.2, 0) is 9.53 Å². The number of ether oxygens (including phenoxy) is 1. The standard InChI is InChI=1S/C16H25N3O2/c1-3-8-19(15-7-5-4-6-14(15)17)13(2)16(20)18-9-11-21-12-10-18/h4-7,13H,3,8-12,17H2,1-2H3.